The average Bonchev–Trinajstić information content (AvgIpc) is 2.48. The van der Waals surface area contributed by atoms with Crippen LogP contribution in [0.1, 0.15) is 58.1 Å². The number of aliphatic hydroxyl groups excluding tert-OH is 1. The summed E-state index contributed by atoms with van der Waals surface area (Å²) in [7, 11) is 1.72. The van der Waals surface area contributed by atoms with E-state index >= 15 is 0 Å². The highest BCUT2D eigenvalue weighted by Crippen LogP contribution is 2.47. The minimum atomic E-state index is -0.589. The van der Waals surface area contributed by atoms with Crippen LogP contribution >= 0.6 is 0 Å². The molecule has 0 radical (unpaired) electrons. The van der Waals surface area contributed by atoms with Gasteiger partial charge in [-0.2, -0.15) is 0 Å². The molecule has 21 heavy (non-hydrogen) atoms. The third-order valence-corrected chi connectivity index (χ3v) is 4.86. The summed E-state index contributed by atoms with van der Waals surface area (Å²) in [5.74, 6) is 0.838. The number of rotatable bonds is 5. The van der Waals surface area contributed by atoms with Crippen molar-refractivity contribution in [2.24, 2.45) is 5.41 Å². The Kier molecular flexibility index (Phi) is 4.95. The average molecular weight is 292 g/mol. The summed E-state index contributed by atoms with van der Waals surface area (Å²) in [4.78, 5) is 0. The standard InChI is InChI=1S/C18H28O3/c1-5-21-15-8-6-14(7-9-15)16(19)18(20-4)12-10-17(2,3)11-13-18/h6-9,16,19H,5,10-13H2,1-4H3. The van der Waals surface area contributed by atoms with Gasteiger partial charge in [-0.3, -0.25) is 0 Å². The number of hydrogen-bond acceptors (Lipinski definition) is 3. The lowest BCUT2D eigenvalue weighted by Gasteiger charge is -2.45. The van der Waals surface area contributed by atoms with E-state index in [1.54, 1.807) is 7.11 Å². The minimum Gasteiger partial charge on any atom is -0.494 e. The number of benzene rings is 1. The van der Waals surface area contributed by atoms with Gasteiger partial charge in [0.05, 0.1) is 12.2 Å². The zero-order valence-electron chi connectivity index (χ0n) is 13.7. The van der Waals surface area contributed by atoms with Gasteiger partial charge in [-0.25, -0.2) is 0 Å². The fraction of sp³-hybridized carbons (Fsp3) is 0.667. The third kappa shape index (κ3) is 3.58. The molecule has 1 aromatic carbocycles. The van der Waals surface area contributed by atoms with Crippen molar-refractivity contribution in [3.63, 3.8) is 0 Å². The third-order valence-electron chi connectivity index (χ3n) is 4.86. The molecule has 2 rings (SSSR count). The molecule has 0 amide bonds. The summed E-state index contributed by atoms with van der Waals surface area (Å²) in [6, 6.07) is 7.71. The lowest BCUT2D eigenvalue weighted by atomic mass is 9.68. The van der Waals surface area contributed by atoms with Gasteiger partial charge in [0.2, 0.25) is 0 Å². The summed E-state index contributed by atoms with van der Waals surface area (Å²) < 4.78 is 11.2. The van der Waals surface area contributed by atoms with Gasteiger partial charge >= 0.3 is 0 Å². The SMILES string of the molecule is CCOc1ccc(C(O)C2(OC)CCC(C)(C)CC2)cc1. The summed E-state index contributed by atoms with van der Waals surface area (Å²) in [5.41, 5.74) is 0.795. The molecule has 1 N–H and O–H groups in total. The molecule has 1 fully saturated rings. The van der Waals surface area contributed by atoms with E-state index < -0.39 is 11.7 Å². The summed E-state index contributed by atoms with van der Waals surface area (Å²) in [6.07, 6.45) is 3.36. The Balaban J connectivity index is 2.14. The first-order valence-corrected chi connectivity index (χ1v) is 7.88. The molecule has 3 nitrogen and oxygen atoms in total. The molecule has 1 saturated carbocycles. The van der Waals surface area contributed by atoms with Gasteiger partial charge in [-0.1, -0.05) is 26.0 Å². The molecule has 1 unspecified atom stereocenters. The molecular weight excluding hydrogens is 264 g/mol. The van der Waals surface area contributed by atoms with E-state index in [0.29, 0.717) is 12.0 Å². The van der Waals surface area contributed by atoms with E-state index in [0.717, 1.165) is 37.0 Å². The lowest BCUT2D eigenvalue weighted by molar-refractivity contribution is -0.138. The second-order valence-electron chi connectivity index (χ2n) is 6.84. The van der Waals surface area contributed by atoms with Crippen molar-refractivity contribution in [3.8, 4) is 5.75 Å². The predicted molar refractivity (Wildman–Crippen MR) is 84.6 cm³/mol. The molecule has 0 spiro atoms. The smallest absolute Gasteiger partial charge is 0.119 e. The molecule has 3 heteroatoms. The van der Waals surface area contributed by atoms with Crippen LogP contribution in [0.4, 0.5) is 0 Å². The molecule has 1 aromatic rings. The van der Waals surface area contributed by atoms with Crippen LogP contribution in [0.25, 0.3) is 0 Å². The molecule has 1 atom stereocenters. The van der Waals surface area contributed by atoms with Crippen LogP contribution in [0.3, 0.4) is 0 Å². The molecule has 1 aliphatic carbocycles. The first-order valence-electron chi connectivity index (χ1n) is 7.88. The van der Waals surface area contributed by atoms with Crippen LogP contribution < -0.4 is 4.74 Å². The monoisotopic (exact) mass is 292 g/mol. The van der Waals surface area contributed by atoms with Gasteiger partial charge in [0.25, 0.3) is 0 Å². The van der Waals surface area contributed by atoms with Crippen LogP contribution in [0.5, 0.6) is 5.75 Å². The Morgan fingerprint density at radius 2 is 1.67 bits per heavy atom. The number of methoxy groups -OCH3 is 1. The molecule has 0 saturated heterocycles. The Labute approximate surface area is 128 Å². The van der Waals surface area contributed by atoms with Gasteiger partial charge in [0, 0.05) is 7.11 Å². The lowest BCUT2D eigenvalue weighted by Crippen LogP contribution is -2.43. The first kappa shape index (κ1) is 16.3. The highest BCUT2D eigenvalue weighted by molar-refractivity contribution is 5.30. The molecule has 0 aromatic heterocycles. The van der Waals surface area contributed by atoms with Crippen molar-refractivity contribution in [1.82, 2.24) is 0 Å². The van der Waals surface area contributed by atoms with Crippen LogP contribution in [-0.2, 0) is 4.74 Å². The van der Waals surface area contributed by atoms with E-state index in [1.165, 1.54) is 0 Å². The Hall–Kier alpha value is -1.06. The Morgan fingerprint density at radius 1 is 1.10 bits per heavy atom. The molecule has 0 bridgehead atoms. The molecule has 0 aliphatic heterocycles. The summed E-state index contributed by atoms with van der Waals surface area (Å²) >= 11 is 0. The van der Waals surface area contributed by atoms with E-state index in [9.17, 15) is 5.11 Å². The fourth-order valence-corrected chi connectivity index (χ4v) is 3.16. The summed E-state index contributed by atoms with van der Waals surface area (Å²) in [5, 5.41) is 10.8. The Bertz CT molecular complexity index is 440. The van der Waals surface area contributed by atoms with Crippen molar-refractivity contribution in [2.75, 3.05) is 13.7 Å². The van der Waals surface area contributed by atoms with E-state index in [1.807, 2.05) is 31.2 Å². The molecule has 1 aliphatic rings. The second kappa shape index (κ2) is 6.37. The number of hydrogen-bond donors (Lipinski definition) is 1. The Morgan fingerprint density at radius 3 is 2.14 bits per heavy atom. The van der Waals surface area contributed by atoms with Crippen LogP contribution in [0.15, 0.2) is 24.3 Å². The molecule has 118 valence electrons. The quantitative estimate of drug-likeness (QED) is 0.888. The van der Waals surface area contributed by atoms with Crippen LogP contribution in [0, 0.1) is 5.41 Å². The number of ether oxygens (including phenoxy) is 2. The highest BCUT2D eigenvalue weighted by atomic mass is 16.5. The van der Waals surface area contributed by atoms with Crippen molar-refractivity contribution in [2.45, 2.75) is 58.2 Å². The van der Waals surface area contributed by atoms with E-state index in [-0.39, 0.29) is 0 Å². The van der Waals surface area contributed by atoms with E-state index in [2.05, 4.69) is 13.8 Å². The van der Waals surface area contributed by atoms with E-state index in [4.69, 9.17) is 9.47 Å². The maximum absolute atomic E-state index is 10.8. The fourth-order valence-electron chi connectivity index (χ4n) is 3.16. The topological polar surface area (TPSA) is 38.7 Å². The molecular formula is C18H28O3. The van der Waals surface area contributed by atoms with Gasteiger partial charge in [0.1, 0.15) is 11.9 Å². The van der Waals surface area contributed by atoms with Gasteiger partial charge in [-0.15, -0.1) is 0 Å². The molecule has 0 heterocycles. The normalized spacial score (nSPS) is 21.8. The maximum atomic E-state index is 10.8. The van der Waals surface area contributed by atoms with Gasteiger partial charge < -0.3 is 14.6 Å². The maximum Gasteiger partial charge on any atom is 0.119 e. The zero-order chi connectivity index (χ0) is 15.5. The highest BCUT2D eigenvalue weighted by Gasteiger charge is 2.44. The van der Waals surface area contributed by atoms with Gasteiger partial charge in [0.15, 0.2) is 0 Å². The van der Waals surface area contributed by atoms with Crippen LogP contribution in [-0.4, -0.2) is 24.4 Å². The first-order chi connectivity index (χ1) is 9.92. The van der Waals surface area contributed by atoms with Crippen molar-refractivity contribution >= 4 is 0 Å². The van der Waals surface area contributed by atoms with Gasteiger partial charge in [-0.05, 0) is 55.7 Å². The second-order valence-corrected chi connectivity index (χ2v) is 6.84. The zero-order valence-corrected chi connectivity index (χ0v) is 13.7. The van der Waals surface area contributed by atoms with Crippen LogP contribution in [0.2, 0.25) is 0 Å². The van der Waals surface area contributed by atoms with Crippen molar-refractivity contribution in [3.05, 3.63) is 29.8 Å². The van der Waals surface area contributed by atoms with Crippen molar-refractivity contribution in [1.29, 1.82) is 0 Å². The predicted octanol–water partition coefficient (Wildman–Crippen LogP) is 4.10. The largest absolute Gasteiger partial charge is 0.494 e. The minimum absolute atomic E-state index is 0.348. The number of aliphatic hydroxyl groups is 1. The van der Waals surface area contributed by atoms with Crippen molar-refractivity contribution < 1.29 is 14.6 Å². The summed E-state index contributed by atoms with van der Waals surface area (Å²) in [6.45, 7) is 7.19.